The van der Waals surface area contributed by atoms with E-state index in [1.807, 2.05) is 38.1 Å². The number of nitrogens with zero attached hydrogens (tertiary/aromatic N) is 1. The van der Waals surface area contributed by atoms with Gasteiger partial charge in [0.05, 0.1) is 0 Å². The smallest absolute Gasteiger partial charge is 0.248 e. The van der Waals surface area contributed by atoms with Gasteiger partial charge in [-0.15, -0.1) is 0 Å². The Morgan fingerprint density at radius 3 is 2.35 bits per heavy atom. The minimum Gasteiger partial charge on any atom is -0.312 e. The third-order valence-electron chi connectivity index (χ3n) is 4.57. The van der Waals surface area contributed by atoms with E-state index in [1.54, 1.807) is 0 Å². The average molecular weight is 345 g/mol. The Balaban J connectivity index is 0.000000924. The van der Waals surface area contributed by atoms with Crippen LogP contribution in [0.15, 0.2) is 24.3 Å². The second-order valence-electron chi connectivity index (χ2n) is 6.37. The Bertz CT molecular complexity index is 484. The Morgan fingerprint density at radius 1 is 1.22 bits per heavy atom. The molecule has 23 heavy (non-hydrogen) atoms. The van der Waals surface area contributed by atoms with E-state index >= 15 is 0 Å². The van der Waals surface area contributed by atoms with E-state index in [2.05, 4.69) is 17.1 Å². The van der Waals surface area contributed by atoms with E-state index in [0.29, 0.717) is 11.1 Å². The summed E-state index contributed by atoms with van der Waals surface area (Å²) in [5.74, 6) is -2.44. The lowest BCUT2D eigenvalue weighted by atomic mass is 9.73. The molecule has 1 aromatic rings. The summed E-state index contributed by atoms with van der Waals surface area (Å²) in [4.78, 5) is 2.35. The van der Waals surface area contributed by atoms with Crippen LogP contribution in [0.2, 0.25) is 5.02 Å². The Hall–Kier alpha value is -0.710. The van der Waals surface area contributed by atoms with Crippen molar-refractivity contribution in [3.63, 3.8) is 0 Å². The van der Waals surface area contributed by atoms with E-state index in [-0.39, 0.29) is 24.8 Å². The van der Waals surface area contributed by atoms with Crippen LogP contribution in [-0.4, -0.2) is 36.5 Å². The SMILES string of the molecule is CC.CC1CN(C(c2ccc(Cl)cc2)C2CC(F)(F)C2)CCN1. The highest BCUT2D eigenvalue weighted by Gasteiger charge is 2.50. The number of hydrogen-bond donors (Lipinski definition) is 1. The summed E-state index contributed by atoms with van der Waals surface area (Å²) in [6.07, 6.45) is -0.00277. The maximum Gasteiger partial charge on any atom is 0.248 e. The van der Waals surface area contributed by atoms with Gasteiger partial charge in [-0.2, -0.15) is 0 Å². The molecule has 0 bridgehead atoms. The van der Waals surface area contributed by atoms with Crippen molar-refractivity contribution < 1.29 is 8.78 Å². The van der Waals surface area contributed by atoms with E-state index < -0.39 is 5.92 Å². The van der Waals surface area contributed by atoms with Crippen molar-refractivity contribution in [3.8, 4) is 0 Å². The van der Waals surface area contributed by atoms with Crippen LogP contribution in [0.3, 0.4) is 0 Å². The first-order chi connectivity index (χ1) is 10.9. The molecule has 0 spiro atoms. The quantitative estimate of drug-likeness (QED) is 0.851. The first kappa shape index (κ1) is 18.6. The standard InChI is InChI=1S/C16H21ClF2N2.C2H6/c1-11-10-21(7-6-20-11)15(13-8-16(18,19)9-13)12-2-4-14(17)5-3-12;1-2/h2-5,11,13,15,20H,6-10H2,1H3;1-2H3. The van der Waals surface area contributed by atoms with Crippen molar-refractivity contribution in [1.82, 2.24) is 10.2 Å². The summed E-state index contributed by atoms with van der Waals surface area (Å²) < 4.78 is 26.6. The van der Waals surface area contributed by atoms with Gasteiger partial charge in [-0.25, -0.2) is 8.78 Å². The zero-order valence-corrected chi connectivity index (χ0v) is 14.9. The van der Waals surface area contributed by atoms with Crippen LogP contribution in [0, 0.1) is 5.92 Å². The summed E-state index contributed by atoms with van der Waals surface area (Å²) in [5, 5.41) is 4.09. The lowest BCUT2D eigenvalue weighted by Gasteiger charge is -2.47. The summed E-state index contributed by atoms with van der Waals surface area (Å²) in [6, 6.07) is 8.14. The molecular weight excluding hydrogens is 318 g/mol. The molecule has 0 amide bonds. The molecule has 2 fully saturated rings. The fourth-order valence-electron chi connectivity index (χ4n) is 3.59. The Labute approximate surface area is 143 Å². The number of hydrogen-bond acceptors (Lipinski definition) is 2. The first-order valence-electron chi connectivity index (χ1n) is 8.55. The van der Waals surface area contributed by atoms with Crippen molar-refractivity contribution in [2.75, 3.05) is 19.6 Å². The zero-order valence-electron chi connectivity index (χ0n) is 14.2. The number of rotatable bonds is 3. The highest BCUT2D eigenvalue weighted by molar-refractivity contribution is 6.30. The topological polar surface area (TPSA) is 15.3 Å². The molecule has 1 heterocycles. The molecule has 2 aliphatic rings. The lowest BCUT2D eigenvalue weighted by Crippen LogP contribution is -2.54. The van der Waals surface area contributed by atoms with Crippen LogP contribution >= 0.6 is 11.6 Å². The van der Waals surface area contributed by atoms with Crippen LogP contribution in [0.1, 0.15) is 45.2 Å². The van der Waals surface area contributed by atoms with E-state index in [4.69, 9.17) is 11.6 Å². The van der Waals surface area contributed by atoms with Gasteiger partial charge in [0.25, 0.3) is 0 Å². The van der Waals surface area contributed by atoms with Crippen molar-refractivity contribution in [2.45, 2.75) is 51.6 Å². The van der Waals surface area contributed by atoms with Gasteiger partial charge in [-0.05, 0) is 30.5 Å². The fourth-order valence-corrected chi connectivity index (χ4v) is 3.71. The molecule has 2 nitrogen and oxygen atoms in total. The zero-order chi connectivity index (χ0) is 17.0. The summed E-state index contributed by atoms with van der Waals surface area (Å²) in [6.45, 7) is 8.85. The Morgan fingerprint density at radius 2 is 1.83 bits per heavy atom. The van der Waals surface area contributed by atoms with Gasteiger partial charge in [-0.3, -0.25) is 4.90 Å². The minimum atomic E-state index is -2.48. The second kappa shape index (κ2) is 7.91. The molecule has 1 saturated heterocycles. The second-order valence-corrected chi connectivity index (χ2v) is 6.81. The van der Waals surface area contributed by atoms with Crippen molar-refractivity contribution >= 4 is 11.6 Å². The van der Waals surface area contributed by atoms with Gasteiger partial charge in [0, 0.05) is 49.6 Å². The van der Waals surface area contributed by atoms with Gasteiger partial charge in [0.2, 0.25) is 5.92 Å². The minimum absolute atomic E-state index is 0.00139. The molecule has 5 heteroatoms. The van der Waals surface area contributed by atoms with Crippen molar-refractivity contribution in [3.05, 3.63) is 34.9 Å². The van der Waals surface area contributed by atoms with Gasteiger partial charge >= 0.3 is 0 Å². The predicted octanol–water partition coefficient (Wildman–Crippen LogP) is 4.75. The largest absolute Gasteiger partial charge is 0.312 e. The van der Waals surface area contributed by atoms with Crippen LogP contribution in [0.5, 0.6) is 0 Å². The molecular formula is C18H27ClF2N2. The fraction of sp³-hybridized carbons (Fsp3) is 0.667. The molecule has 0 aromatic heterocycles. The molecule has 2 atom stereocenters. The third kappa shape index (κ3) is 4.65. The van der Waals surface area contributed by atoms with Crippen LogP contribution in [0.25, 0.3) is 0 Å². The molecule has 1 aromatic carbocycles. The molecule has 130 valence electrons. The number of halogens is 3. The average Bonchev–Trinajstić information content (AvgIpc) is 2.50. The lowest BCUT2D eigenvalue weighted by molar-refractivity contribution is -0.134. The monoisotopic (exact) mass is 344 g/mol. The van der Waals surface area contributed by atoms with E-state index in [0.717, 1.165) is 25.2 Å². The number of alkyl halides is 2. The molecule has 1 aliphatic heterocycles. The van der Waals surface area contributed by atoms with Crippen LogP contribution in [0.4, 0.5) is 8.78 Å². The predicted molar refractivity (Wildman–Crippen MR) is 92.2 cm³/mol. The Kier molecular flexibility index (Phi) is 6.40. The number of piperazine rings is 1. The molecule has 1 N–H and O–H groups in total. The molecule has 0 radical (unpaired) electrons. The van der Waals surface area contributed by atoms with Gasteiger partial charge in [0.15, 0.2) is 0 Å². The van der Waals surface area contributed by atoms with Crippen molar-refractivity contribution in [2.24, 2.45) is 5.92 Å². The molecule has 3 rings (SSSR count). The van der Waals surface area contributed by atoms with Crippen LogP contribution < -0.4 is 5.32 Å². The number of nitrogens with one attached hydrogen (secondary N) is 1. The maximum absolute atomic E-state index is 13.3. The first-order valence-corrected chi connectivity index (χ1v) is 8.93. The molecule has 1 saturated carbocycles. The van der Waals surface area contributed by atoms with Crippen molar-refractivity contribution in [1.29, 1.82) is 0 Å². The highest BCUT2D eigenvalue weighted by Crippen LogP contribution is 2.50. The van der Waals surface area contributed by atoms with E-state index in [1.165, 1.54) is 0 Å². The van der Waals surface area contributed by atoms with E-state index in [9.17, 15) is 8.78 Å². The maximum atomic E-state index is 13.3. The van der Waals surface area contributed by atoms with Gasteiger partial charge < -0.3 is 5.32 Å². The normalized spacial score (nSPS) is 25.9. The summed E-state index contributed by atoms with van der Waals surface area (Å²) in [5.41, 5.74) is 1.11. The van der Waals surface area contributed by atoms with Crippen LogP contribution in [-0.2, 0) is 0 Å². The molecule has 1 aliphatic carbocycles. The number of benzene rings is 1. The summed E-state index contributed by atoms with van der Waals surface area (Å²) in [7, 11) is 0. The summed E-state index contributed by atoms with van der Waals surface area (Å²) >= 11 is 5.95. The third-order valence-corrected chi connectivity index (χ3v) is 4.83. The molecule has 2 unspecified atom stereocenters. The highest BCUT2D eigenvalue weighted by atomic mass is 35.5. The van der Waals surface area contributed by atoms with Gasteiger partial charge in [-0.1, -0.05) is 37.6 Å². The van der Waals surface area contributed by atoms with Gasteiger partial charge in [0.1, 0.15) is 0 Å².